The summed E-state index contributed by atoms with van der Waals surface area (Å²) < 4.78 is 7.76. The summed E-state index contributed by atoms with van der Waals surface area (Å²) in [4.78, 5) is 2.06. The Kier molecular flexibility index (Phi) is 11.1. The van der Waals surface area contributed by atoms with E-state index in [-0.39, 0.29) is 6.10 Å². The smallest absolute Gasteiger partial charge is 0.0804 e. The zero-order valence-electron chi connectivity index (χ0n) is 14.5. The number of methoxy groups -OCH3 is 1. The van der Waals surface area contributed by atoms with Crippen molar-refractivity contribution in [3.63, 3.8) is 0 Å². The third kappa shape index (κ3) is 9.17. The topological polar surface area (TPSA) is 27.7 Å². The van der Waals surface area contributed by atoms with Gasteiger partial charge in [-0.25, -0.2) is 0 Å². The predicted octanol–water partition coefficient (Wildman–Crippen LogP) is 4.19. The third-order valence-corrected chi connectivity index (χ3v) is 4.90. The fourth-order valence-electron chi connectivity index (χ4n) is 2.10. The van der Waals surface area contributed by atoms with E-state index >= 15 is 0 Å². The van der Waals surface area contributed by atoms with E-state index in [1.165, 1.54) is 0 Å². The highest BCUT2D eigenvalue weighted by Gasteiger charge is 2.07. The molecule has 0 saturated carbocycles. The fraction of sp³-hybridized carbons (Fsp3) is 0.556. The summed E-state index contributed by atoms with van der Waals surface area (Å²) in [7, 11) is 1.76. The first kappa shape index (κ1) is 20.3. The highest BCUT2D eigenvalue weighted by Crippen LogP contribution is 2.12. The molecule has 0 radical (unpaired) electrons. The lowest BCUT2D eigenvalue weighted by Crippen LogP contribution is -2.25. The summed E-state index contributed by atoms with van der Waals surface area (Å²) in [6.07, 6.45) is 20.0. The van der Waals surface area contributed by atoms with Crippen LogP contribution >= 0.6 is 22.9 Å². The zero-order valence-corrected chi connectivity index (χ0v) is 16.6. The van der Waals surface area contributed by atoms with Gasteiger partial charge in [-0.15, -0.1) is 0 Å². The quantitative estimate of drug-likeness (QED) is 0.302. The second kappa shape index (κ2) is 12.6. The number of allylic oxidation sites excluding steroid dienone is 2. The van der Waals surface area contributed by atoms with Crippen LogP contribution in [0.2, 0.25) is 0 Å². The molecule has 1 aliphatic heterocycles. The SMILES string of the molecule is CCNCCC(C)N(I)/C=C/C(C/C=C/N1C=CCC=C1)OC. The Hall–Kier alpha value is -0.790. The van der Waals surface area contributed by atoms with Gasteiger partial charge in [0.1, 0.15) is 0 Å². The number of nitrogens with zero attached hydrogens (tertiary/aromatic N) is 2. The minimum Gasteiger partial charge on any atom is -0.377 e. The molecule has 0 saturated heterocycles. The molecule has 1 N–H and O–H groups in total. The molecule has 1 rings (SSSR count). The summed E-state index contributed by atoms with van der Waals surface area (Å²) >= 11 is 2.36. The summed E-state index contributed by atoms with van der Waals surface area (Å²) in [5, 5.41) is 3.37. The minimum atomic E-state index is 0.0993. The Labute approximate surface area is 155 Å². The normalized spacial score (nSPS) is 17.3. The van der Waals surface area contributed by atoms with E-state index in [2.05, 4.69) is 99.1 Å². The van der Waals surface area contributed by atoms with E-state index in [0.717, 1.165) is 32.4 Å². The van der Waals surface area contributed by atoms with Crippen LogP contribution in [0.1, 0.15) is 33.1 Å². The number of nitrogens with one attached hydrogen (secondary N) is 1. The van der Waals surface area contributed by atoms with Crippen LogP contribution in [-0.4, -0.2) is 40.4 Å². The Bertz CT molecular complexity index is 408. The van der Waals surface area contributed by atoms with E-state index in [1.807, 2.05) is 0 Å². The van der Waals surface area contributed by atoms with Gasteiger partial charge < -0.3 is 18.1 Å². The molecule has 0 fully saturated rings. The van der Waals surface area contributed by atoms with E-state index in [4.69, 9.17) is 4.74 Å². The van der Waals surface area contributed by atoms with Gasteiger partial charge in [0, 0.05) is 38.0 Å². The number of ether oxygens (including phenoxy) is 1. The van der Waals surface area contributed by atoms with Crippen molar-refractivity contribution in [1.29, 1.82) is 0 Å². The lowest BCUT2D eigenvalue weighted by Gasteiger charge is -2.21. The zero-order chi connectivity index (χ0) is 16.9. The molecular weight excluding hydrogens is 401 g/mol. The van der Waals surface area contributed by atoms with E-state index in [1.54, 1.807) is 7.11 Å². The van der Waals surface area contributed by atoms with Crippen LogP contribution in [0, 0.1) is 0 Å². The molecule has 0 aromatic rings. The van der Waals surface area contributed by atoms with Crippen molar-refractivity contribution in [1.82, 2.24) is 13.3 Å². The minimum absolute atomic E-state index is 0.0993. The summed E-state index contributed by atoms with van der Waals surface area (Å²) in [6.45, 7) is 6.46. The van der Waals surface area contributed by atoms with Gasteiger partial charge in [-0.3, -0.25) is 0 Å². The number of halogens is 1. The molecule has 0 aliphatic carbocycles. The average Bonchev–Trinajstić information content (AvgIpc) is 2.58. The van der Waals surface area contributed by atoms with Crippen LogP contribution in [0.5, 0.6) is 0 Å². The third-order valence-electron chi connectivity index (χ3n) is 3.63. The summed E-state index contributed by atoms with van der Waals surface area (Å²) in [5.41, 5.74) is 0. The highest BCUT2D eigenvalue weighted by atomic mass is 127. The largest absolute Gasteiger partial charge is 0.377 e. The summed E-state index contributed by atoms with van der Waals surface area (Å²) in [6, 6.07) is 0.502. The monoisotopic (exact) mass is 431 g/mol. The van der Waals surface area contributed by atoms with Gasteiger partial charge in [0.05, 0.1) is 29.0 Å². The molecule has 2 atom stereocenters. The van der Waals surface area contributed by atoms with Crippen molar-refractivity contribution in [2.75, 3.05) is 20.2 Å². The molecule has 5 heteroatoms. The fourth-order valence-corrected chi connectivity index (χ4v) is 2.56. The molecule has 0 aromatic carbocycles. The molecule has 0 aromatic heterocycles. The molecule has 1 heterocycles. The molecule has 0 spiro atoms. The maximum Gasteiger partial charge on any atom is 0.0804 e. The predicted molar refractivity (Wildman–Crippen MR) is 107 cm³/mol. The van der Waals surface area contributed by atoms with Gasteiger partial charge in [0.15, 0.2) is 0 Å². The van der Waals surface area contributed by atoms with E-state index in [0.29, 0.717) is 6.04 Å². The lowest BCUT2D eigenvalue weighted by atomic mass is 10.2. The number of hydrogen-bond acceptors (Lipinski definition) is 4. The van der Waals surface area contributed by atoms with Crippen molar-refractivity contribution in [2.24, 2.45) is 0 Å². The molecule has 23 heavy (non-hydrogen) atoms. The van der Waals surface area contributed by atoms with Crippen LogP contribution in [0.25, 0.3) is 0 Å². The van der Waals surface area contributed by atoms with Gasteiger partial charge >= 0.3 is 0 Å². The van der Waals surface area contributed by atoms with Crippen LogP contribution < -0.4 is 5.32 Å². The second-order valence-electron chi connectivity index (χ2n) is 5.52. The Morgan fingerprint density at radius 1 is 1.39 bits per heavy atom. The van der Waals surface area contributed by atoms with Crippen molar-refractivity contribution < 1.29 is 4.74 Å². The first-order valence-electron chi connectivity index (χ1n) is 8.30. The van der Waals surface area contributed by atoms with Crippen LogP contribution in [0.3, 0.4) is 0 Å². The van der Waals surface area contributed by atoms with Gasteiger partial charge in [-0.05, 0) is 45.4 Å². The Morgan fingerprint density at radius 3 is 2.78 bits per heavy atom. The molecule has 2 unspecified atom stereocenters. The standard InChI is InChI=1S/C18H30IN3O/c1-4-20-12-10-17(2)22(19)16-11-18(23-3)9-8-15-21-13-6-5-7-14-21/h6-8,11,13-18,20H,4-5,9-10,12H2,1-3H3/b15-8+,16-11+. The first-order chi connectivity index (χ1) is 11.2. The van der Waals surface area contributed by atoms with Crippen molar-refractivity contribution in [2.45, 2.75) is 45.3 Å². The average molecular weight is 431 g/mol. The molecular formula is C18H30IN3O. The van der Waals surface area contributed by atoms with Crippen LogP contribution in [-0.2, 0) is 4.74 Å². The maximum atomic E-state index is 5.53. The van der Waals surface area contributed by atoms with Gasteiger partial charge in [-0.2, -0.15) is 0 Å². The maximum absolute atomic E-state index is 5.53. The highest BCUT2D eigenvalue weighted by molar-refractivity contribution is 14.1. The van der Waals surface area contributed by atoms with Gasteiger partial charge in [-0.1, -0.05) is 25.2 Å². The Morgan fingerprint density at radius 2 is 2.13 bits per heavy atom. The van der Waals surface area contributed by atoms with Crippen molar-refractivity contribution in [3.8, 4) is 0 Å². The lowest BCUT2D eigenvalue weighted by molar-refractivity contribution is 0.142. The van der Waals surface area contributed by atoms with Gasteiger partial charge in [0.25, 0.3) is 0 Å². The second-order valence-corrected chi connectivity index (χ2v) is 6.64. The summed E-state index contributed by atoms with van der Waals surface area (Å²) in [5.74, 6) is 0. The van der Waals surface area contributed by atoms with Crippen LogP contribution in [0.15, 0.2) is 49.1 Å². The molecule has 0 amide bonds. The molecule has 0 bridgehead atoms. The van der Waals surface area contributed by atoms with Crippen molar-refractivity contribution in [3.05, 3.63) is 49.1 Å². The van der Waals surface area contributed by atoms with Crippen molar-refractivity contribution >= 4 is 22.9 Å². The first-order valence-corrected chi connectivity index (χ1v) is 9.27. The Balaban J connectivity index is 2.35. The van der Waals surface area contributed by atoms with E-state index in [9.17, 15) is 0 Å². The molecule has 4 nitrogen and oxygen atoms in total. The van der Waals surface area contributed by atoms with Gasteiger partial charge in [0.2, 0.25) is 0 Å². The van der Waals surface area contributed by atoms with Crippen LogP contribution in [0.4, 0.5) is 0 Å². The van der Waals surface area contributed by atoms with E-state index < -0.39 is 0 Å². The number of hydrogen-bond donors (Lipinski definition) is 1. The number of rotatable bonds is 11. The molecule has 1 aliphatic rings. The molecule has 130 valence electrons.